The summed E-state index contributed by atoms with van der Waals surface area (Å²) in [7, 11) is 1.35. The van der Waals surface area contributed by atoms with Crippen molar-refractivity contribution in [1.82, 2.24) is 0 Å². The Hall–Kier alpha value is -2.05. The zero-order valence-corrected chi connectivity index (χ0v) is 15.3. The number of halogens is 1. The molecule has 1 heterocycles. The summed E-state index contributed by atoms with van der Waals surface area (Å²) in [6.45, 7) is -0.148. The van der Waals surface area contributed by atoms with E-state index < -0.39 is 5.97 Å². The van der Waals surface area contributed by atoms with Crippen molar-refractivity contribution in [2.45, 2.75) is 25.7 Å². The summed E-state index contributed by atoms with van der Waals surface area (Å²) in [6.07, 6.45) is 3.91. The normalized spacial score (nSPS) is 13.0. The number of amides is 1. The lowest BCUT2D eigenvalue weighted by atomic mass is 9.95. The van der Waals surface area contributed by atoms with E-state index in [1.54, 1.807) is 24.3 Å². The van der Waals surface area contributed by atoms with E-state index in [-0.39, 0.29) is 12.5 Å². The van der Waals surface area contributed by atoms with Gasteiger partial charge in [-0.05, 0) is 55.5 Å². The van der Waals surface area contributed by atoms with Crippen LogP contribution in [0.1, 0.15) is 33.6 Å². The second kappa shape index (κ2) is 7.89. The fraction of sp³-hybridized carbons (Fsp3) is 0.333. The molecule has 0 bridgehead atoms. The topological polar surface area (TPSA) is 64.6 Å². The summed E-state index contributed by atoms with van der Waals surface area (Å²) >= 11 is 7.27. The molecule has 1 aromatic heterocycles. The summed E-state index contributed by atoms with van der Waals surface area (Å²) in [5.74, 6) is -0.176. The van der Waals surface area contributed by atoms with Crippen molar-refractivity contribution >= 4 is 39.8 Å². The van der Waals surface area contributed by atoms with Crippen molar-refractivity contribution < 1.29 is 19.1 Å². The Labute approximate surface area is 154 Å². The second-order valence-electron chi connectivity index (χ2n) is 5.70. The first-order valence-corrected chi connectivity index (χ1v) is 9.19. The van der Waals surface area contributed by atoms with Crippen LogP contribution in [-0.2, 0) is 22.4 Å². The zero-order chi connectivity index (χ0) is 17.8. The molecule has 0 fully saturated rings. The zero-order valence-electron chi connectivity index (χ0n) is 13.8. The second-order valence-corrected chi connectivity index (χ2v) is 7.24. The van der Waals surface area contributed by atoms with Gasteiger partial charge in [0, 0.05) is 9.90 Å². The van der Waals surface area contributed by atoms with Crippen molar-refractivity contribution in [1.29, 1.82) is 0 Å². The van der Waals surface area contributed by atoms with Gasteiger partial charge in [-0.1, -0.05) is 11.6 Å². The van der Waals surface area contributed by atoms with E-state index in [1.165, 1.54) is 18.4 Å². The summed E-state index contributed by atoms with van der Waals surface area (Å²) < 4.78 is 10.3. The van der Waals surface area contributed by atoms with Gasteiger partial charge in [-0.25, -0.2) is 4.79 Å². The van der Waals surface area contributed by atoms with Crippen LogP contribution >= 0.6 is 22.9 Å². The predicted octanol–water partition coefficient (Wildman–Crippen LogP) is 4.08. The molecule has 25 heavy (non-hydrogen) atoms. The first-order chi connectivity index (χ1) is 12.1. The highest BCUT2D eigenvalue weighted by atomic mass is 35.5. The lowest BCUT2D eigenvalue weighted by Crippen LogP contribution is -2.21. The average molecular weight is 380 g/mol. The number of hydrogen-bond donors (Lipinski definition) is 1. The number of anilines is 1. The first-order valence-electron chi connectivity index (χ1n) is 7.99. The number of benzene rings is 1. The van der Waals surface area contributed by atoms with Gasteiger partial charge < -0.3 is 14.8 Å². The third kappa shape index (κ3) is 4.14. The molecule has 132 valence electrons. The lowest BCUT2D eigenvalue weighted by Gasteiger charge is -2.11. The molecule has 7 heteroatoms. The largest absolute Gasteiger partial charge is 0.484 e. The first kappa shape index (κ1) is 17.8. The van der Waals surface area contributed by atoms with E-state index >= 15 is 0 Å². The molecule has 5 nitrogen and oxygen atoms in total. The Bertz CT molecular complexity index is 785. The number of methoxy groups -OCH3 is 1. The van der Waals surface area contributed by atoms with Gasteiger partial charge in [-0.15, -0.1) is 11.3 Å². The molecular weight excluding hydrogens is 362 g/mol. The minimum atomic E-state index is -0.409. The van der Waals surface area contributed by atoms with Crippen LogP contribution in [0.3, 0.4) is 0 Å². The highest BCUT2D eigenvalue weighted by Crippen LogP contribution is 2.38. The molecule has 1 amide bonds. The number of carbonyl (C=O) groups excluding carboxylic acids is 2. The Balaban J connectivity index is 1.71. The maximum atomic E-state index is 12.2. The molecule has 0 radical (unpaired) electrons. The van der Waals surface area contributed by atoms with Crippen LogP contribution in [0.15, 0.2) is 24.3 Å². The number of hydrogen-bond acceptors (Lipinski definition) is 5. The number of ether oxygens (including phenoxy) is 2. The molecule has 0 spiro atoms. The Morgan fingerprint density at radius 2 is 1.92 bits per heavy atom. The minimum Gasteiger partial charge on any atom is -0.484 e. The van der Waals surface area contributed by atoms with Crippen LogP contribution in [-0.4, -0.2) is 25.6 Å². The summed E-state index contributed by atoms with van der Waals surface area (Å²) in [5, 5.41) is 3.94. The van der Waals surface area contributed by atoms with Crippen LogP contribution in [0.25, 0.3) is 0 Å². The van der Waals surface area contributed by atoms with Gasteiger partial charge >= 0.3 is 5.97 Å². The van der Waals surface area contributed by atoms with Gasteiger partial charge in [-0.2, -0.15) is 0 Å². The van der Waals surface area contributed by atoms with Gasteiger partial charge in [0.2, 0.25) is 0 Å². The number of carbonyl (C=O) groups is 2. The van der Waals surface area contributed by atoms with E-state index in [4.69, 9.17) is 21.1 Å². The number of nitrogens with one attached hydrogen (secondary N) is 1. The third-order valence-electron chi connectivity index (χ3n) is 4.00. The Kier molecular flexibility index (Phi) is 5.60. The van der Waals surface area contributed by atoms with E-state index in [1.807, 2.05) is 0 Å². The van der Waals surface area contributed by atoms with Gasteiger partial charge in [-0.3, -0.25) is 4.79 Å². The molecule has 2 aromatic rings. The monoisotopic (exact) mass is 379 g/mol. The quantitative estimate of drug-likeness (QED) is 0.795. The van der Waals surface area contributed by atoms with Crippen LogP contribution in [0, 0.1) is 0 Å². The molecule has 1 aromatic carbocycles. The third-order valence-corrected chi connectivity index (χ3v) is 5.46. The number of rotatable bonds is 5. The maximum Gasteiger partial charge on any atom is 0.341 e. The van der Waals surface area contributed by atoms with Crippen molar-refractivity contribution in [3.8, 4) is 5.75 Å². The minimum absolute atomic E-state index is 0.148. The van der Waals surface area contributed by atoms with Crippen LogP contribution in [0.2, 0.25) is 5.02 Å². The van der Waals surface area contributed by atoms with Gasteiger partial charge in [0.05, 0.1) is 12.7 Å². The number of fused-ring (bicyclic) bond motifs is 1. The number of thiophene rings is 1. The average Bonchev–Trinajstić information content (AvgIpc) is 2.98. The summed E-state index contributed by atoms with van der Waals surface area (Å²) in [4.78, 5) is 25.5. The van der Waals surface area contributed by atoms with E-state index in [2.05, 4.69) is 5.32 Å². The molecule has 0 atom stereocenters. The summed E-state index contributed by atoms with van der Waals surface area (Å²) in [5.41, 5.74) is 1.50. The van der Waals surface area contributed by atoms with Crippen molar-refractivity contribution in [3.63, 3.8) is 0 Å². The fourth-order valence-corrected chi connectivity index (χ4v) is 4.23. The molecule has 1 N–H and O–H groups in total. The smallest absolute Gasteiger partial charge is 0.341 e. The van der Waals surface area contributed by atoms with Crippen molar-refractivity contribution in [3.05, 3.63) is 45.3 Å². The van der Waals surface area contributed by atoms with Gasteiger partial charge in [0.15, 0.2) is 6.61 Å². The molecule has 1 aliphatic rings. The highest BCUT2D eigenvalue weighted by molar-refractivity contribution is 7.17. The molecule has 0 aliphatic heterocycles. The van der Waals surface area contributed by atoms with Crippen LogP contribution < -0.4 is 10.1 Å². The van der Waals surface area contributed by atoms with Gasteiger partial charge in [0.1, 0.15) is 10.8 Å². The van der Waals surface area contributed by atoms with Gasteiger partial charge in [0.25, 0.3) is 5.91 Å². The van der Waals surface area contributed by atoms with E-state index in [0.29, 0.717) is 21.3 Å². The Morgan fingerprint density at radius 3 is 2.64 bits per heavy atom. The van der Waals surface area contributed by atoms with Crippen molar-refractivity contribution in [2.24, 2.45) is 0 Å². The molecule has 1 aliphatic carbocycles. The number of esters is 1. The SMILES string of the molecule is COC(=O)c1c(NC(=O)COc2ccc(Cl)cc2)sc2c1CCCC2. The molecule has 0 saturated carbocycles. The summed E-state index contributed by atoms with van der Waals surface area (Å²) in [6, 6.07) is 6.77. The van der Waals surface area contributed by atoms with Crippen molar-refractivity contribution in [2.75, 3.05) is 19.0 Å². The fourth-order valence-electron chi connectivity index (χ4n) is 2.81. The predicted molar refractivity (Wildman–Crippen MR) is 97.9 cm³/mol. The molecule has 0 saturated heterocycles. The molecule has 0 unspecified atom stereocenters. The standard InChI is InChI=1S/C18H18ClNO4S/c1-23-18(22)16-13-4-2-3-5-14(13)25-17(16)20-15(21)10-24-12-8-6-11(19)7-9-12/h6-9H,2-5,10H2,1H3,(H,20,21). The lowest BCUT2D eigenvalue weighted by molar-refractivity contribution is -0.118. The van der Waals surface area contributed by atoms with E-state index in [9.17, 15) is 9.59 Å². The Morgan fingerprint density at radius 1 is 1.20 bits per heavy atom. The van der Waals surface area contributed by atoms with Crippen LogP contribution in [0.5, 0.6) is 5.75 Å². The maximum absolute atomic E-state index is 12.2. The number of aryl methyl sites for hydroxylation is 1. The highest BCUT2D eigenvalue weighted by Gasteiger charge is 2.26. The van der Waals surface area contributed by atoms with Crippen LogP contribution in [0.4, 0.5) is 5.00 Å². The molecule has 3 rings (SSSR count). The molecular formula is C18H18ClNO4S. The van der Waals surface area contributed by atoms with E-state index in [0.717, 1.165) is 36.1 Å².